The van der Waals surface area contributed by atoms with E-state index in [-0.39, 0.29) is 22.6 Å². The standard InChI is InChI=1S/C36H29N3O5S2/c1-22-17-27-18-26(15-16-29(27)44-22)32(40)30-31(25-13-8-14-28(19-25)43-20-23-9-4-2-5-10-23)39(34(42)33(30)41)35-37-38-36(46-35)45-21-24-11-6-3-7-12-24/h2-16,18-19,22,31,40H,17,20-21H2,1H3. The van der Waals surface area contributed by atoms with Crippen LogP contribution in [0.1, 0.15) is 40.8 Å². The monoisotopic (exact) mass is 647 g/mol. The first-order chi connectivity index (χ1) is 22.4. The van der Waals surface area contributed by atoms with Gasteiger partial charge in [-0.2, -0.15) is 0 Å². The number of carbonyl (C=O) groups excluding carboxylic acids is 2. The summed E-state index contributed by atoms with van der Waals surface area (Å²) in [5, 5.41) is 20.6. The maximum absolute atomic E-state index is 13.8. The van der Waals surface area contributed by atoms with E-state index in [1.165, 1.54) is 28.0 Å². The van der Waals surface area contributed by atoms with Gasteiger partial charge >= 0.3 is 5.91 Å². The van der Waals surface area contributed by atoms with E-state index >= 15 is 0 Å². The largest absolute Gasteiger partial charge is 0.507 e. The molecule has 46 heavy (non-hydrogen) atoms. The van der Waals surface area contributed by atoms with E-state index < -0.39 is 17.7 Å². The highest BCUT2D eigenvalue weighted by Crippen LogP contribution is 2.45. The van der Waals surface area contributed by atoms with Gasteiger partial charge in [0.2, 0.25) is 5.13 Å². The first-order valence-electron chi connectivity index (χ1n) is 14.8. The third-order valence-corrected chi connectivity index (χ3v) is 9.97. The summed E-state index contributed by atoms with van der Waals surface area (Å²) in [5.74, 6) is 0.157. The topological polar surface area (TPSA) is 102 Å². The van der Waals surface area contributed by atoms with Gasteiger partial charge in [0, 0.05) is 17.7 Å². The fourth-order valence-electron chi connectivity index (χ4n) is 5.66. The molecule has 4 aromatic carbocycles. The van der Waals surface area contributed by atoms with Crippen LogP contribution in [0, 0.1) is 0 Å². The van der Waals surface area contributed by atoms with Gasteiger partial charge in [0.25, 0.3) is 5.78 Å². The lowest BCUT2D eigenvalue weighted by Gasteiger charge is -2.23. The fourth-order valence-corrected chi connectivity index (χ4v) is 7.49. The molecule has 0 spiro atoms. The third-order valence-electron chi connectivity index (χ3n) is 7.84. The van der Waals surface area contributed by atoms with Crippen molar-refractivity contribution in [3.05, 3.63) is 137 Å². The lowest BCUT2D eigenvalue weighted by atomic mass is 9.94. The number of hydrogen-bond acceptors (Lipinski definition) is 9. The number of aliphatic hydroxyl groups excluding tert-OH is 1. The number of anilines is 1. The summed E-state index contributed by atoms with van der Waals surface area (Å²) >= 11 is 2.74. The zero-order chi connectivity index (χ0) is 31.6. The van der Waals surface area contributed by atoms with E-state index in [4.69, 9.17) is 9.47 Å². The molecule has 2 atom stereocenters. The summed E-state index contributed by atoms with van der Waals surface area (Å²) < 4.78 is 12.6. The molecule has 1 fully saturated rings. The van der Waals surface area contributed by atoms with Crippen LogP contribution in [-0.2, 0) is 28.4 Å². The van der Waals surface area contributed by atoms with E-state index in [0.29, 0.717) is 40.0 Å². The number of ether oxygens (including phenoxy) is 2. The van der Waals surface area contributed by atoms with Gasteiger partial charge in [0.15, 0.2) is 4.34 Å². The van der Waals surface area contributed by atoms with Gasteiger partial charge < -0.3 is 14.6 Å². The number of amides is 1. The minimum atomic E-state index is -0.955. The van der Waals surface area contributed by atoms with Crippen molar-refractivity contribution in [2.75, 3.05) is 4.90 Å². The third kappa shape index (κ3) is 6.01. The van der Waals surface area contributed by atoms with Crippen LogP contribution in [0.2, 0.25) is 0 Å². The van der Waals surface area contributed by atoms with Crippen molar-refractivity contribution in [1.29, 1.82) is 0 Å². The molecule has 8 nitrogen and oxygen atoms in total. The molecular weight excluding hydrogens is 619 g/mol. The van der Waals surface area contributed by atoms with Crippen molar-refractivity contribution >= 4 is 45.7 Å². The highest BCUT2D eigenvalue weighted by molar-refractivity contribution is 8.00. The summed E-state index contributed by atoms with van der Waals surface area (Å²) in [6.07, 6.45) is 0.700. The zero-order valence-corrected chi connectivity index (χ0v) is 26.5. The second-order valence-electron chi connectivity index (χ2n) is 11.1. The minimum Gasteiger partial charge on any atom is -0.507 e. The average Bonchev–Trinajstić information content (AvgIpc) is 3.78. The molecule has 0 aliphatic carbocycles. The highest BCUT2D eigenvalue weighted by Gasteiger charge is 2.48. The lowest BCUT2D eigenvalue weighted by Crippen LogP contribution is -2.29. The van der Waals surface area contributed by atoms with Gasteiger partial charge in [-0.3, -0.25) is 14.5 Å². The van der Waals surface area contributed by atoms with E-state index in [9.17, 15) is 14.7 Å². The fraction of sp³-hybridized carbons (Fsp3) is 0.167. The van der Waals surface area contributed by atoms with Crippen LogP contribution in [0.15, 0.2) is 113 Å². The van der Waals surface area contributed by atoms with Crippen molar-refractivity contribution in [2.45, 2.75) is 42.2 Å². The van der Waals surface area contributed by atoms with Crippen LogP contribution in [-0.4, -0.2) is 33.1 Å². The van der Waals surface area contributed by atoms with Gasteiger partial charge in [0.1, 0.15) is 30.0 Å². The first kappa shape index (κ1) is 29.8. The molecule has 1 amide bonds. The Morgan fingerprint density at radius 3 is 2.50 bits per heavy atom. The molecule has 3 heterocycles. The normalized spacial score (nSPS) is 18.4. The second kappa shape index (κ2) is 12.8. The number of aromatic nitrogens is 2. The highest BCUT2D eigenvalue weighted by atomic mass is 32.2. The molecule has 5 aromatic rings. The molecule has 1 N–H and O–H groups in total. The Bertz CT molecular complexity index is 1940. The van der Waals surface area contributed by atoms with Crippen molar-refractivity contribution in [3.8, 4) is 11.5 Å². The Kier molecular flexibility index (Phi) is 8.30. The molecular formula is C36H29N3O5S2. The Labute approximate surface area is 274 Å². The molecule has 1 aromatic heterocycles. The Hall–Kier alpha value is -4.93. The number of ketones is 1. The predicted molar refractivity (Wildman–Crippen MR) is 178 cm³/mol. The maximum atomic E-state index is 13.8. The number of hydrogen-bond donors (Lipinski definition) is 1. The van der Waals surface area contributed by atoms with Crippen LogP contribution in [0.5, 0.6) is 11.5 Å². The van der Waals surface area contributed by atoms with E-state index in [0.717, 1.165) is 22.4 Å². The summed E-state index contributed by atoms with van der Waals surface area (Å²) in [4.78, 5) is 28.9. The molecule has 2 unspecified atom stereocenters. The summed E-state index contributed by atoms with van der Waals surface area (Å²) in [6.45, 7) is 2.32. The van der Waals surface area contributed by atoms with Gasteiger partial charge in [-0.15, -0.1) is 10.2 Å². The number of nitrogens with zero attached hydrogens (tertiary/aromatic N) is 3. The molecule has 2 aliphatic heterocycles. The summed E-state index contributed by atoms with van der Waals surface area (Å²) in [7, 11) is 0. The van der Waals surface area contributed by atoms with Crippen molar-refractivity contribution < 1.29 is 24.2 Å². The van der Waals surface area contributed by atoms with Crippen LogP contribution in [0.3, 0.4) is 0 Å². The number of carbonyl (C=O) groups is 2. The minimum absolute atomic E-state index is 0.0166. The lowest BCUT2D eigenvalue weighted by molar-refractivity contribution is -0.132. The first-order valence-corrected chi connectivity index (χ1v) is 16.6. The Balaban J connectivity index is 1.26. The number of aliphatic hydroxyl groups is 1. The molecule has 1 saturated heterocycles. The van der Waals surface area contributed by atoms with Gasteiger partial charge in [0.05, 0.1) is 11.6 Å². The number of rotatable bonds is 9. The van der Waals surface area contributed by atoms with Crippen molar-refractivity contribution in [2.24, 2.45) is 0 Å². The predicted octanol–water partition coefficient (Wildman–Crippen LogP) is 7.36. The number of Topliss-reactive ketones (excluding diaryl/α,β-unsaturated/α-hetero) is 1. The van der Waals surface area contributed by atoms with Gasteiger partial charge in [-0.05, 0) is 59.5 Å². The van der Waals surface area contributed by atoms with Crippen molar-refractivity contribution in [1.82, 2.24) is 10.2 Å². The number of benzene rings is 4. The number of fused-ring (bicyclic) bond motifs is 1. The Morgan fingerprint density at radius 2 is 1.72 bits per heavy atom. The van der Waals surface area contributed by atoms with Gasteiger partial charge in [-0.1, -0.05) is 95.9 Å². The second-order valence-corrected chi connectivity index (χ2v) is 13.3. The molecule has 230 valence electrons. The van der Waals surface area contributed by atoms with Crippen LogP contribution in [0.25, 0.3) is 5.76 Å². The SMILES string of the molecule is CC1Cc2cc(C(O)=C3C(=O)C(=O)N(c4nnc(SCc5ccccc5)s4)C3c3cccc(OCc4ccccc4)c3)ccc2O1. The molecule has 0 saturated carbocycles. The molecule has 0 bridgehead atoms. The smallest absolute Gasteiger partial charge is 0.301 e. The molecule has 10 heteroatoms. The van der Waals surface area contributed by atoms with Gasteiger partial charge in [-0.25, -0.2) is 0 Å². The van der Waals surface area contributed by atoms with Crippen LogP contribution in [0.4, 0.5) is 5.13 Å². The molecule has 7 rings (SSSR count). The molecule has 2 aliphatic rings. The quantitative estimate of drug-likeness (QED) is 0.0582. The number of thioether (sulfide) groups is 1. The van der Waals surface area contributed by atoms with E-state index in [1.54, 1.807) is 18.2 Å². The van der Waals surface area contributed by atoms with Crippen LogP contribution < -0.4 is 14.4 Å². The van der Waals surface area contributed by atoms with E-state index in [2.05, 4.69) is 10.2 Å². The zero-order valence-electron chi connectivity index (χ0n) is 24.8. The summed E-state index contributed by atoms with van der Waals surface area (Å²) in [5.41, 5.74) is 4.08. The summed E-state index contributed by atoms with van der Waals surface area (Å²) in [6, 6.07) is 31.4. The van der Waals surface area contributed by atoms with Crippen LogP contribution >= 0.6 is 23.1 Å². The van der Waals surface area contributed by atoms with E-state index in [1.807, 2.05) is 91.9 Å². The Morgan fingerprint density at radius 1 is 0.957 bits per heavy atom. The van der Waals surface area contributed by atoms with Crippen molar-refractivity contribution in [3.63, 3.8) is 0 Å². The molecule has 0 radical (unpaired) electrons. The average molecular weight is 648 g/mol. The maximum Gasteiger partial charge on any atom is 0.301 e.